The summed E-state index contributed by atoms with van der Waals surface area (Å²) in [5.41, 5.74) is 1.50. The zero-order valence-electron chi connectivity index (χ0n) is 16.9. The number of fused-ring (bicyclic) bond motifs is 1. The Bertz CT molecular complexity index is 908. The van der Waals surface area contributed by atoms with Crippen LogP contribution in [0.25, 0.3) is 5.78 Å². The number of nitrogens with one attached hydrogen (secondary N) is 1. The molecule has 29 heavy (non-hydrogen) atoms. The first-order valence-electron chi connectivity index (χ1n) is 9.11. The van der Waals surface area contributed by atoms with E-state index in [4.69, 9.17) is 4.74 Å². The number of carbonyl (C=O) groups excluding carboxylic acids is 2. The van der Waals surface area contributed by atoms with Crippen LogP contribution in [0.4, 0.5) is 13.2 Å². The van der Waals surface area contributed by atoms with Gasteiger partial charge in [0.25, 0.3) is 11.6 Å². The first-order valence-corrected chi connectivity index (χ1v) is 9.11. The van der Waals surface area contributed by atoms with Crippen LogP contribution in [0.15, 0.2) is 0 Å². The SMILES string of the molecule is COC(=O)C(CC(C)C)NC(=O)CCc1c(C)nc2nc(C(F)(F)F)nn2c1C. The molecule has 1 amide bonds. The monoisotopic (exact) mass is 415 g/mol. The normalized spacial score (nSPS) is 13.0. The number of esters is 1. The highest BCUT2D eigenvalue weighted by Crippen LogP contribution is 2.27. The third-order valence-electron chi connectivity index (χ3n) is 4.43. The van der Waals surface area contributed by atoms with Crippen molar-refractivity contribution in [3.63, 3.8) is 0 Å². The molecular formula is C18H24F3N5O3. The molecule has 1 atom stereocenters. The van der Waals surface area contributed by atoms with Crippen LogP contribution >= 0.6 is 0 Å². The van der Waals surface area contributed by atoms with Crippen LogP contribution in [0, 0.1) is 19.8 Å². The maximum atomic E-state index is 12.9. The molecule has 1 unspecified atom stereocenters. The summed E-state index contributed by atoms with van der Waals surface area (Å²) < 4.78 is 44.3. The number of ether oxygens (including phenoxy) is 1. The van der Waals surface area contributed by atoms with Gasteiger partial charge in [-0.3, -0.25) is 4.79 Å². The van der Waals surface area contributed by atoms with Crippen LogP contribution in [0.2, 0.25) is 0 Å². The summed E-state index contributed by atoms with van der Waals surface area (Å²) in [6, 6.07) is -0.750. The van der Waals surface area contributed by atoms with Crippen LogP contribution in [0.3, 0.4) is 0 Å². The van der Waals surface area contributed by atoms with Crippen molar-refractivity contribution < 1.29 is 27.5 Å². The summed E-state index contributed by atoms with van der Waals surface area (Å²) in [6.07, 6.45) is -3.99. The maximum absolute atomic E-state index is 12.9. The molecule has 0 aliphatic carbocycles. The molecule has 1 N–H and O–H groups in total. The van der Waals surface area contributed by atoms with Crippen molar-refractivity contribution >= 4 is 17.7 Å². The largest absolute Gasteiger partial charge is 0.467 e. The summed E-state index contributed by atoms with van der Waals surface area (Å²) in [5, 5.41) is 6.14. The lowest BCUT2D eigenvalue weighted by Crippen LogP contribution is -2.42. The van der Waals surface area contributed by atoms with Crippen LogP contribution in [-0.4, -0.2) is 44.6 Å². The number of rotatable bonds is 7. The summed E-state index contributed by atoms with van der Waals surface area (Å²) in [4.78, 5) is 31.7. The number of hydrogen-bond acceptors (Lipinski definition) is 6. The van der Waals surface area contributed by atoms with Crippen molar-refractivity contribution in [3.8, 4) is 0 Å². The number of hydrogen-bond donors (Lipinski definition) is 1. The fraction of sp³-hybridized carbons (Fsp3) is 0.611. The van der Waals surface area contributed by atoms with Gasteiger partial charge < -0.3 is 10.1 Å². The lowest BCUT2D eigenvalue weighted by Gasteiger charge is -2.18. The van der Waals surface area contributed by atoms with Crippen LogP contribution in [0.5, 0.6) is 0 Å². The Hall–Kier alpha value is -2.72. The lowest BCUT2D eigenvalue weighted by molar-refractivity contribution is -0.145. The predicted molar refractivity (Wildman–Crippen MR) is 97.0 cm³/mol. The first-order chi connectivity index (χ1) is 13.4. The highest BCUT2D eigenvalue weighted by molar-refractivity contribution is 5.84. The molecule has 0 aromatic carbocycles. The minimum absolute atomic E-state index is 0.0290. The van der Waals surface area contributed by atoms with E-state index in [1.807, 2.05) is 13.8 Å². The molecule has 0 radical (unpaired) electrons. The molecule has 0 fully saturated rings. The molecule has 160 valence electrons. The molecule has 2 heterocycles. The number of nitrogens with zero attached hydrogens (tertiary/aromatic N) is 4. The predicted octanol–water partition coefficient (Wildman–Crippen LogP) is 2.40. The van der Waals surface area contributed by atoms with Crippen molar-refractivity contribution in [2.24, 2.45) is 5.92 Å². The van der Waals surface area contributed by atoms with E-state index in [0.29, 0.717) is 23.4 Å². The molecule has 0 aliphatic rings. The maximum Gasteiger partial charge on any atom is 0.453 e. The van der Waals surface area contributed by atoms with E-state index in [0.717, 1.165) is 4.52 Å². The van der Waals surface area contributed by atoms with Crippen molar-refractivity contribution in [3.05, 3.63) is 22.8 Å². The minimum atomic E-state index is -4.67. The Morgan fingerprint density at radius 2 is 1.86 bits per heavy atom. The van der Waals surface area contributed by atoms with Crippen molar-refractivity contribution in [1.29, 1.82) is 0 Å². The zero-order chi connectivity index (χ0) is 21.9. The van der Waals surface area contributed by atoms with Gasteiger partial charge in [0.1, 0.15) is 6.04 Å². The van der Waals surface area contributed by atoms with Crippen molar-refractivity contribution in [2.45, 2.75) is 59.2 Å². The quantitative estimate of drug-likeness (QED) is 0.698. The van der Waals surface area contributed by atoms with Gasteiger partial charge in [0.05, 0.1) is 7.11 Å². The molecule has 8 nitrogen and oxygen atoms in total. The number of aromatic nitrogens is 4. The van der Waals surface area contributed by atoms with Crippen LogP contribution < -0.4 is 5.32 Å². The van der Waals surface area contributed by atoms with E-state index in [2.05, 4.69) is 20.4 Å². The van der Waals surface area contributed by atoms with E-state index < -0.39 is 24.0 Å². The van der Waals surface area contributed by atoms with Gasteiger partial charge in [-0.25, -0.2) is 14.3 Å². The fourth-order valence-corrected chi connectivity index (χ4v) is 3.02. The molecule has 2 rings (SSSR count). The lowest BCUT2D eigenvalue weighted by atomic mass is 10.0. The molecule has 0 saturated carbocycles. The first kappa shape index (κ1) is 22.6. The van der Waals surface area contributed by atoms with Gasteiger partial charge >= 0.3 is 12.1 Å². The van der Waals surface area contributed by atoms with Gasteiger partial charge in [-0.15, -0.1) is 5.10 Å². The Kier molecular flexibility index (Phi) is 6.81. The highest BCUT2D eigenvalue weighted by Gasteiger charge is 2.37. The smallest absolute Gasteiger partial charge is 0.453 e. The molecule has 0 saturated heterocycles. The molecule has 2 aromatic heterocycles. The second kappa shape index (κ2) is 8.75. The molecule has 2 aromatic rings. The Balaban J connectivity index is 2.17. The standard InChI is InChI=1S/C18H24F3N5O3/c1-9(2)8-13(15(28)29-5)23-14(27)7-6-12-10(3)22-17-24-16(18(19,20)21)25-26(17)11(12)4/h9,13H,6-8H2,1-5H3,(H,23,27). The summed E-state index contributed by atoms with van der Waals surface area (Å²) in [6.45, 7) is 7.07. The van der Waals surface area contributed by atoms with Crippen LogP contribution in [0.1, 0.15) is 49.5 Å². The number of carbonyl (C=O) groups is 2. The summed E-state index contributed by atoms with van der Waals surface area (Å²) in [5.74, 6) is -2.13. The molecular weight excluding hydrogens is 391 g/mol. The molecule has 0 bridgehead atoms. The third kappa shape index (κ3) is 5.42. The number of amides is 1. The molecule has 0 spiro atoms. The number of halogens is 3. The molecule has 11 heteroatoms. The van der Waals surface area contributed by atoms with E-state index in [-0.39, 0.29) is 30.4 Å². The average Bonchev–Trinajstić information content (AvgIpc) is 3.04. The van der Waals surface area contributed by atoms with Crippen LogP contribution in [-0.2, 0) is 26.9 Å². The highest BCUT2D eigenvalue weighted by atomic mass is 19.4. The van der Waals surface area contributed by atoms with E-state index in [1.165, 1.54) is 7.11 Å². The van der Waals surface area contributed by atoms with E-state index in [9.17, 15) is 22.8 Å². The van der Waals surface area contributed by atoms with Gasteiger partial charge in [-0.1, -0.05) is 13.8 Å². The second-order valence-electron chi connectivity index (χ2n) is 7.18. The van der Waals surface area contributed by atoms with Gasteiger partial charge in [0.15, 0.2) is 0 Å². The fourth-order valence-electron chi connectivity index (χ4n) is 3.02. The van der Waals surface area contributed by atoms with E-state index in [1.54, 1.807) is 13.8 Å². The molecule has 0 aliphatic heterocycles. The average molecular weight is 415 g/mol. The van der Waals surface area contributed by atoms with Gasteiger partial charge in [-0.2, -0.15) is 18.2 Å². The number of aryl methyl sites for hydroxylation is 2. The summed E-state index contributed by atoms with van der Waals surface area (Å²) >= 11 is 0. The second-order valence-corrected chi connectivity index (χ2v) is 7.18. The number of methoxy groups -OCH3 is 1. The van der Waals surface area contributed by atoms with E-state index >= 15 is 0 Å². The Morgan fingerprint density at radius 1 is 1.21 bits per heavy atom. The topological polar surface area (TPSA) is 98.5 Å². The zero-order valence-corrected chi connectivity index (χ0v) is 16.9. The Morgan fingerprint density at radius 3 is 2.41 bits per heavy atom. The van der Waals surface area contributed by atoms with Crippen molar-refractivity contribution in [1.82, 2.24) is 24.9 Å². The van der Waals surface area contributed by atoms with Crippen molar-refractivity contribution in [2.75, 3.05) is 7.11 Å². The van der Waals surface area contributed by atoms with Gasteiger partial charge in [0.2, 0.25) is 5.91 Å². The van der Waals surface area contributed by atoms with Gasteiger partial charge in [-0.05, 0) is 38.2 Å². The Labute approximate surface area is 165 Å². The number of alkyl halides is 3. The third-order valence-corrected chi connectivity index (χ3v) is 4.43. The van der Waals surface area contributed by atoms with Gasteiger partial charge in [0, 0.05) is 17.8 Å². The minimum Gasteiger partial charge on any atom is -0.467 e. The summed E-state index contributed by atoms with van der Waals surface area (Å²) in [7, 11) is 1.25.